The van der Waals surface area contributed by atoms with E-state index in [4.69, 9.17) is 0 Å². The summed E-state index contributed by atoms with van der Waals surface area (Å²) in [4.78, 5) is 5.20. The van der Waals surface area contributed by atoms with Crippen molar-refractivity contribution < 1.29 is 0 Å². The van der Waals surface area contributed by atoms with Gasteiger partial charge in [-0.3, -0.25) is 9.80 Å². The Bertz CT molecular complexity index is 423. The van der Waals surface area contributed by atoms with Crippen molar-refractivity contribution in [3.63, 3.8) is 0 Å². The van der Waals surface area contributed by atoms with Gasteiger partial charge in [-0.1, -0.05) is 0 Å². The maximum atomic E-state index is 4.29. The standard InChI is InChI=1S/C14H25N5/c1-11(2)19-10-15-16-14(19)9-17-6-7-18(8-12(17)3)13-4-5-13/h10-13H,4-9H2,1-3H3. The minimum atomic E-state index is 0.438. The zero-order valence-electron chi connectivity index (χ0n) is 12.3. The third-order valence-electron chi connectivity index (χ3n) is 4.41. The van der Waals surface area contributed by atoms with Gasteiger partial charge in [0.25, 0.3) is 0 Å². The van der Waals surface area contributed by atoms with Gasteiger partial charge in [-0.05, 0) is 33.6 Å². The molecule has 1 aromatic heterocycles. The summed E-state index contributed by atoms with van der Waals surface area (Å²) >= 11 is 0. The molecule has 5 heteroatoms. The first kappa shape index (κ1) is 13.1. The van der Waals surface area contributed by atoms with E-state index in [0.29, 0.717) is 12.1 Å². The zero-order chi connectivity index (χ0) is 13.4. The van der Waals surface area contributed by atoms with Crippen molar-refractivity contribution in [3.8, 4) is 0 Å². The van der Waals surface area contributed by atoms with Crippen LogP contribution in [0.15, 0.2) is 6.33 Å². The summed E-state index contributed by atoms with van der Waals surface area (Å²) in [5.74, 6) is 1.10. The molecule has 106 valence electrons. The highest BCUT2D eigenvalue weighted by atomic mass is 15.3. The first-order chi connectivity index (χ1) is 9.15. The van der Waals surface area contributed by atoms with Gasteiger partial charge in [0.05, 0.1) is 6.54 Å². The molecule has 0 radical (unpaired) electrons. The average Bonchev–Trinajstić information content (AvgIpc) is 3.11. The molecule has 1 saturated carbocycles. The van der Waals surface area contributed by atoms with E-state index in [-0.39, 0.29) is 0 Å². The van der Waals surface area contributed by atoms with Gasteiger partial charge in [-0.2, -0.15) is 0 Å². The monoisotopic (exact) mass is 263 g/mol. The molecule has 1 unspecified atom stereocenters. The lowest BCUT2D eigenvalue weighted by Gasteiger charge is -2.39. The second-order valence-electron chi connectivity index (χ2n) is 6.29. The largest absolute Gasteiger partial charge is 0.314 e. The normalized spacial score (nSPS) is 26.2. The summed E-state index contributed by atoms with van der Waals surface area (Å²) in [6.07, 6.45) is 4.67. The molecule has 2 aliphatic rings. The van der Waals surface area contributed by atoms with E-state index in [1.165, 1.54) is 25.9 Å². The summed E-state index contributed by atoms with van der Waals surface area (Å²) in [7, 11) is 0. The third-order valence-corrected chi connectivity index (χ3v) is 4.41. The molecule has 0 N–H and O–H groups in total. The van der Waals surface area contributed by atoms with Gasteiger partial charge < -0.3 is 4.57 Å². The first-order valence-corrected chi connectivity index (χ1v) is 7.51. The molecule has 0 bridgehead atoms. The van der Waals surface area contributed by atoms with Crippen LogP contribution < -0.4 is 0 Å². The molecule has 1 saturated heterocycles. The van der Waals surface area contributed by atoms with Crippen LogP contribution in [-0.2, 0) is 6.54 Å². The lowest BCUT2D eigenvalue weighted by atomic mass is 10.2. The lowest BCUT2D eigenvalue weighted by molar-refractivity contribution is 0.0699. The SMILES string of the molecule is CC1CN(C2CC2)CCN1Cc1nncn1C(C)C. The molecule has 0 spiro atoms. The van der Waals surface area contributed by atoms with Gasteiger partial charge in [0.2, 0.25) is 0 Å². The van der Waals surface area contributed by atoms with Gasteiger partial charge in [-0.15, -0.1) is 10.2 Å². The summed E-state index contributed by atoms with van der Waals surface area (Å²) < 4.78 is 2.18. The van der Waals surface area contributed by atoms with Crippen LogP contribution in [0.5, 0.6) is 0 Å². The molecule has 0 amide bonds. The van der Waals surface area contributed by atoms with Crippen LogP contribution in [0.4, 0.5) is 0 Å². The molecule has 1 aliphatic carbocycles. The maximum absolute atomic E-state index is 4.29. The van der Waals surface area contributed by atoms with E-state index in [2.05, 4.69) is 45.3 Å². The quantitative estimate of drug-likeness (QED) is 0.825. The Labute approximate surface area is 115 Å². The number of aromatic nitrogens is 3. The second-order valence-corrected chi connectivity index (χ2v) is 6.29. The van der Waals surface area contributed by atoms with Crippen molar-refractivity contribution in [3.05, 3.63) is 12.2 Å². The molecule has 0 aromatic carbocycles. The molecular weight excluding hydrogens is 238 g/mol. The van der Waals surface area contributed by atoms with Crippen LogP contribution in [0.1, 0.15) is 45.5 Å². The summed E-state index contributed by atoms with van der Waals surface area (Å²) in [5, 5.41) is 8.35. The summed E-state index contributed by atoms with van der Waals surface area (Å²) in [6.45, 7) is 11.2. The van der Waals surface area contributed by atoms with Gasteiger partial charge in [0, 0.05) is 37.8 Å². The number of nitrogens with zero attached hydrogens (tertiary/aromatic N) is 5. The van der Waals surface area contributed by atoms with Gasteiger partial charge in [0.15, 0.2) is 0 Å². The van der Waals surface area contributed by atoms with Crippen LogP contribution in [0.2, 0.25) is 0 Å². The van der Waals surface area contributed by atoms with Crippen molar-refractivity contribution in [2.24, 2.45) is 0 Å². The molecule has 1 atom stereocenters. The van der Waals surface area contributed by atoms with E-state index < -0.39 is 0 Å². The Morgan fingerprint density at radius 3 is 2.74 bits per heavy atom. The molecule has 2 fully saturated rings. The summed E-state index contributed by atoms with van der Waals surface area (Å²) in [5.41, 5.74) is 0. The van der Waals surface area contributed by atoms with Crippen molar-refractivity contribution in [1.82, 2.24) is 24.6 Å². The number of piperazine rings is 1. The van der Waals surface area contributed by atoms with E-state index in [1.54, 1.807) is 0 Å². The highest BCUT2D eigenvalue weighted by molar-refractivity contribution is 4.94. The Kier molecular flexibility index (Phi) is 3.58. The summed E-state index contributed by atoms with van der Waals surface area (Å²) in [6, 6.07) is 1.95. The van der Waals surface area contributed by atoms with Gasteiger partial charge in [-0.25, -0.2) is 0 Å². The van der Waals surface area contributed by atoms with E-state index in [9.17, 15) is 0 Å². The van der Waals surface area contributed by atoms with Crippen LogP contribution >= 0.6 is 0 Å². The predicted molar refractivity (Wildman–Crippen MR) is 74.9 cm³/mol. The van der Waals surface area contributed by atoms with E-state index in [1.807, 2.05) is 6.33 Å². The molecule has 1 aliphatic heterocycles. The average molecular weight is 263 g/mol. The molecular formula is C14H25N5. The van der Waals surface area contributed by atoms with Crippen molar-refractivity contribution in [1.29, 1.82) is 0 Å². The lowest BCUT2D eigenvalue weighted by Crippen LogP contribution is -2.52. The molecule has 2 heterocycles. The van der Waals surface area contributed by atoms with Crippen LogP contribution in [0.25, 0.3) is 0 Å². The number of rotatable bonds is 4. The molecule has 19 heavy (non-hydrogen) atoms. The fraction of sp³-hybridized carbons (Fsp3) is 0.857. The first-order valence-electron chi connectivity index (χ1n) is 7.51. The Hall–Kier alpha value is -0.940. The van der Waals surface area contributed by atoms with Crippen molar-refractivity contribution in [2.75, 3.05) is 19.6 Å². The third kappa shape index (κ3) is 2.82. The highest BCUT2D eigenvalue weighted by Gasteiger charge is 2.34. The predicted octanol–water partition coefficient (Wildman–Crippen LogP) is 1.53. The zero-order valence-corrected chi connectivity index (χ0v) is 12.3. The highest BCUT2D eigenvalue weighted by Crippen LogP contribution is 2.29. The minimum Gasteiger partial charge on any atom is -0.314 e. The molecule has 5 nitrogen and oxygen atoms in total. The fourth-order valence-corrected chi connectivity index (χ4v) is 3.02. The number of hydrogen-bond acceptors (Lipinski definition) is 4. The van der Waals surface area contributed by atoms with E-state index in [0.717, 1.165) is 25.0 Å². The van der Waals surface area contributed by atoms with Crippen LogP contribution in [-0.4, -0.2) is 56.3 Å². The van der Waals surface area contributed by atoms with Gasteiger partial charge >= 0.3 is 0 Å². The smallest absolute Gasteiger partial charge is 0.147 e. The number of hydrogen-bond donors (Lipinski definition) is 0. The van der Waals surface area contributed by atoms with Crippen molar-refractivity contribution >= 4 is 0 Å². The van der Waals surface area contributed by atoms with Crippen LogP contribution in [0.3, 0.4) is 0 Å². The Balaban J connectivity index is 1.62. The van der Waals surface area contributed by atoms with Gasteiger partial charge in [0.1, 0.15) is 12.2 Å². The maximum Gasteiger partial charge on any atom is 0.147 e. The second kappa shape index (κ2) is 5.21. The van der Waals surface area contributed by atoms with E-state index >= 15 is 0 Å². The topological polar surface area (TPSA) is 37.2 Å². The van der Waals surface area contributed by atoms with Crippen molar-refractivity contribution in [2.45, 2.75) is 58.3 Å². The molecule has 3 rings (SSSR count). The Morgan fingerprint density at radius 1 is 1.32 bits per heavy atom. The fourth-order valence-electron chi connectivity index (χ4n) is 3.02. The Morgan fingerprint density at radius 2 is 2.11 bits per heavy atom. The minimum absolute atomic E-state index is 0.438. The van der Waals surface area contributed by atoms with Crippen LogP contribution in [0, 0.1) is 0 Å². The molecule has 1 aromatic rings.